The molecule has 0 aliphatic heterocycles. The van der Waals surface area contributed by atoms with Gasteiger partial charge in [0.25, 0.3) is 0 Å². The summed E-state index contributed by atoms with van der Waals surface area (Å²) in [5, 5.41) is 4.02. The molecule has 4 aliphatic rings. The third-order valence-electron chi connectivity index (χ3n) is 5.85. The topological polar surface area (TPSA) is 54.6 Å². The molecule has 0 radical (unpaired) electrons. The Morgan fingerprint density at radius 1 is 1.26 bits per heavy atom. The van der Waals surface area contributed by atoms with E-state index in [1.54, 1.807) is 18.6 Å². The van der Waals surface area contributed by atoms with Gasteiger partial charge in [-0.2, -0.15) is 5.10 Å². The molecular formula is C19H24N2O2. The molecule has 122 valence electrons. The Morgan fingerprint density at radius 3 is 2.57 bits per heavy atom. The van der Waals surface area contributed by atoms with Gasteiger partial charge < -0.3 is 4.42 Å². The molecule has 1 aromatic heterocycles. The number of furan rings is 1. The van der Waals surface area contributed by atoms with Gasteiger partial charge in [-0.25, -0.2) is 5.43 Å². The minimum atomic E-state index is 0.0644. The first kappa shape index (κ1) is 14.7. The number of amides is 1. The first-order valence-corrected chi connectivity index (χ1v) is 8.73. The van der Waals surface area contributed by atoms with E-state index < -0.39 is 0 Å². The van der Waals surface area contributed by atoms with Crippen LogP contribution in [-0.4, -0.2) is 12.1 Å². The molecule has 1 aromatic rings. The van der Waals surface area contributed by atoms with E-state index in [0.717, 1.165) is 23.5 Å². The van der Waals surface area contributed by atoms with Crippen molar-refractivity contribution in [3.8, 4) is 0 Å². The molecule has 4 heteroatoms. The Labute approximate surface area is 137 Å². The lowest BCUT2D eigenvalue weighted by Crippen LogP contribution is -2.47. The largest absolute Gasteiger partial charge is 0.465 e. The zero-order chi connectivity index (χ0) is 15.7. The van der Waals surface area contributed by atoms with Crippen molar-refractivity contribution in [2.45, 2.75) is 44.9 Å². The minimum Gasteiger partial charge on any atom is -0.465 e. The lowest BCUT2D eigenvalue weighted by atomic mass is 9.49. The minimum absolute atomic E-state index is 0.0644. The molecule has 5 rings (SSSR count). The van der Waals surface area contributed by atoms with Crippen LogP contribution in [0.25, 0.3) is 6.08 Å². The van der Waals surface area contributed by atoms with Crippen LogP contribution in [0.1, 0.15) is 50.7 Å². The number of nitrogens with zero attached hydrogens (tertiary/aromatic N) is 1. The highest BCUT2D eigenvalue weighted by Crippen LogP contribution is 2.61. The summed E-state index contributed by atoms with van der Waals surface area (Å²) in [6.07, 6.45) is 15.5. The number of hydrogen-bond donors (Lipinski definition) is 1. The second-order valence-electron chi connectivity index (χ2n) is 7.78. The van der Waals surface area contributed by atoms with Crippen molar-refractivity contribution < 1.29 is 9.21 Å². The first-order valence-electron chi connectivity index (χ1n) is 8.73. The Bertz CT molecular complexity index is 580. The second kappa shape index (κ2) is 5.99. The summed E-state index contributed by atoms with van der Waals surface area (Å²) < 4.78 is 5.18. The average Bonchev–Trinajstić information content (AvgIpc) is 2.98. The normalized spacial score (nSPS) is 35.4. The molecule has 0 spiro atoms. The molecule has 1 N–H and O–H groups in total. The molecule has 0 unspecified atom stereocenters. The summed E-state index contributed by atoms with van der Waals surface area (Å²) >= 11 is 0. The molecular weight excluding hydrogens is 288 g/mol. The van der Waals surface area contributed by atoms with Gasteiger partial charge in [-0.15, -0.1) is 0 Å². The summed E-state index contributed by atoms with van der Waals surface area (Å²) in [6.45, 7) is 0. The highest BCUT2D eigenvalue weighted by molar-refractivity contribution is 5.81. The van der Waals surface area contributed by atoms with Crippen molar-refractivity contribution in [3.63, 3.8) is 0 Å². The Hall–Kier alpha value is -1.84. The predicted octanol–water partition coefficient (Wildman–Crippen LogP) is 4.00. The molecule has 4 saturated carbocycles. The molecule has 0 atom stereocenters. The van der Waals surface area contributed by atoms with Gasteiger partial charge in [0, 0.05) is 12.6 Å². The Kier molecular flexibility index (Phi) is 3.83. The van der Waals surface area contributed by atoms with Gasteiger partial charge in [0.1, 0.15) is 5.76 Å². The third kappa shape index (κ3) is 3.26. The summed E-state index contributed by atoms with van der Waals surface area (Å²) in [6, 6.07) is 3.71. The SMILES string of the molecule is O=C(CC12CC3CC(CC(C3)C1)C2)N/N=C\C=C\c1ccco1. The predicted molar refractivity (Wildman–Crippen MR) is 89.6 cm³/mol. The van der Waals surface area contributed by atoms with Crippen molar-refractivity contribution >= 4 is 18.2 Å². The number of nitrogens with one attached hydrogen (secondary N) is 1. The van der Waals surface area contributed by atoms with Crippen molar-refractivity contribution in [1.29, 1.82) is 0 Å². The quantitative estimate of drug-likeness (QED) is 0.660. The molecule has 1 amide bonds. The van der Waals surface area contributed by atoms with Gasteiger partial charge in [-0.3, -0.25) is 4.79 Å². The number of hydrogen-bond acceptors (Lipinski definition) is 3. The highest BCUT2D eigenvalue weighted by Gasteiger charge is 2.51. The van der Waals surface area contributed by atoms with Crippen molar-refractivity contribution in [3.05, 3.63) is 30.2 Å². The average molecular weight is 312 g/mol. The molecule has 23 heavy (non-hydrogen) atoms. The van der Waals surface area contributed by atoms with Crippen LogP contribution in [0.4, 0.5) is 0 Å². The zero-order valence-corrected chi connectivity index (χ0v) is 13.4. The highest BCUT2D eigenvalue weighted by atomic mass is 16.3. The maximum absolute atomic E-state index is 12.3. The fourth-order valence-corrected chi connectivity index (χ4v) is 5.56. The van der Waals surface area contributed by atoms with Crippen LogP contribution in [0.5, 0.6) is 0 Å². The monoisotopic (exact) mass is 312 g/mol. The molecule has 0 saturated heterocycles. The van der Waals surface area contributed by atoms with E-state index in [9.17, 15) is 4.79 Å². The van der Waals surface area contributed by atoms with Crippen LogP contribution in [0.3, 0.4) is 0 Å². The van der Waals surface area contributed by atoms with Crippen molar-refractivity contribution in [2.75, 3.05) is 0 Å². The van der Waals surface area contributed by atoms with Crippen LogP contribution in [0.2, 0.25) is 0 Å². The van der Waals surface area contributed by atoms with Gasteiger partial charge in [-0.05, 0) is 86.0 Å². The molecule has 4 nitrogen and oxygen atoms in total. The molecule has 1 heterocycles. The van der Waals surface area contributed by atoms with E-state index in [2.05, 4.69) is 10.5 Å². The maximum Gasteiger partial charge on any atom is 0.240 e. The van der Waals surface area contributed by atoms with E-state index in [4.69, 9.17) is 4.42 Å². The van der Waals surface area contributed by atoms with Crippen molar-refractivity contribution in [2.24, 2.45) is 28.3 Å². The third-order valence-corrected chi connectivity index (χ3v) is 5.85. The maximum atomic E-state index is 12.3. The number of carbonyl (C=O) groups excluding carboxylic acids is 1. The number of rotatable bonds is 5. The van der Waals surface area contributed by atoms with Gasteiger partial charge in [-0.1, -0.05) is 0 Å². The molecule has 0 aromatic carbocycles. The summed E-state index contributed by atoms with van der Waals surface area (Å²) in [7, 11) is 0. The van der Waals surface area contributed by atoms with Gasteiger partial charge in [0.15, 0.2) is 0 Å². The van der Waals surface area contributed by atoms with Crippen LogP contribution >= 0.6 is 0 Å². The lowest BCUT2D eigenvalue weighted by Gasteiger charge is -2.56. The summed E-state index contributed by atoms with van der Waals surface area (Å²) in [5.41, 5.74) is 2.96. The Morgan fingerprint density at radius 2 is 1.96 bits per heavy atom. The smallest absolute Gasteiger partial charge is 0.240 e. The van der Waals surface area contributed by atoms with E-state index in [1.165, 1.54) is 38.5 Å². The Balaban J connectivity index is 1.29. The van der Waals surface area contributed by atoms with E-state index in [-0.39, 0.29) is 11.3 Å². The van der Waals surface area contributed by atoms with Crippen LogP contribution < -0.4 is 5.43 Å². The van der Waals surface area contributed by atoms with Gasteiger partial charge in [0.2, 0.25) is 5.91 Å². The van der Waals surface area contributed by atoms with Crippen LogP contribution in [0.15, 0.2) is 34.0 Å². The van der Waals surface area contributed by atoms with E-state index >= 15 is 0 Å². The summed E-state index contributed by atoms with van der Waals surface area (Å²) in [4.78, 5) is 12.3. The second-order valence-corrected chi connectivity index (χ2v) is 7.78. The van der Waals surface area contributed by atoms with E-state index in [1.807, 2.05) is 18.2 Å². The van der Waals surface area contributed by atoms with Crippen molar-refractivity contribution in [1.82, 2.24) is 5.43 Å². The number of hydrazone groups is 1. The van der Waals surface area contributed by atoms with Crippen LogP contribution in [-0.2, 0) is 4.79 Å². The fraction of sp³-hybridized carbons (Fsp3) is 0.579. The van der Waals surface area contributed by atoms with E-state index in [0.29, 0.717) is 6.42 Å². The van der Waals surface area contributed by atoms with Gasteiger partial charge >= 0.3 is 0 Å². The lowest BCUT2D eigenvalue weighted by molar-refractivity contribution is -0.129. The molecule has 4 bridgehead atoms. The summed E-state index contributed by atoms with van der Waals surface area (Å²) in [5.74, 6) is 3.49. The number of carbonyl (C=O) groups is 1. The molecule has 4 aliphatic carbocycles. The standard InChI is InChI=1S/C19H24N2O2/c22-18(21-20-5-1-3-17-4-2-6-23-17)13-19-10-14-7-15(11-19)9-16(8-14)12-19/h1-6,14-16H,7-13H2,(H,21,22)/b3-1+,20-5-. The van der Waals surface area contributed by atoms with Crippen LogP contribution in [0, 0.1) is 23.2 Å². The van der Waals surface area contributed by atoms with Gasteiger partial charge in [0.05, 0.1) is 6.26 Å². The fourth-order valence-electron chi connectivity index (χ4n) is 5.56. The number of allylic oxidation sites excluding steroid dienone is 1. The molecule has 4 fully saturated rings. The zero-order valence-electron chi connectivity index (χ0n) is 13.4. The first-order chi connectivity index (χ1) is 11.2.